The lowest BCUT2D eigenvalue weighted by atomic mass is 10.0. The van der Waals surface area contributed by atoms with E-state index in [-0.39, 0.29) is 0 Å². The second-order valence-corrected chi connectivity index (χ2v) is 3.16. The van der Waals surface area contributed by atoms with Crippen molar-refractivity contribution in [2.45, 2.75) is 0 Å². The molecular formula is C12H10N2O. The number of hydrogen-bond acceptors (Lipinski definition) is 3. The standard InChI is InChI=1S/C12H10N2O/c1-15-10-4-5-11-9(7-10)3-2-6-14-12(11)8-13/h2-5,7H,6H2,1H3. The van der Waals surface area contributed by atoms with Gasteiger partial charge in [-0.25, -0.2) is 0 Å². The number of nitrogens with zero attached hydrogens (tertiary/aromatic N) is 2. The average molecular weight is 198 g/mol. The van der Waals surface area contributed by atoms with E-state index >= 15 is 0 Å². The zero-order valence-electron chi connectivity index (χ0n) is 8.40. The van der Waals surface area contributed by atoms with E-state index in [0.29, 0.717) is 12.3 Å². The minimum atomic E-state index is 0.484. The zero-order valence-corrected chi connectivity index (χ0v) is 8.40. The Kier molecular flexibility index (Phi) is 2.51. The van der Waals surface area contributed by atoms with E-state index in [1.165, 1.54) is 0 Å². The molecule has 3 nitrogen and oxygen atoms in total. The Bertz CT molecular complexity index is 481. The van der Waals surface area contributed by atoms with Crippen molar-refractivity contribution in [2.24, 2.45) is 4.99 Å². The lowest BCUT2D eigenvalue weighted by Crippen LogP contribution is -1.99. The van der Waals surface area contributed by atoms with Crippen molar-refractivity contribution >= 4 is 11.8 Å². The predicted molar refractivity (Wildman–Crippen MR) is 59.0 cm³/mol. The molecule has 3 heteroatoms. The molecule has 1 aliphatic rings. The van der Waals surface area contributed by atoms with Crippen LogP contribution >= 0.6 is 0 Å². The van der Waals surface area contributed by atoms with Crippen LogP contribution in [0.3, 0.4) is 0 Å². The molecule has 0 aliphatic carbocycles. The Morgan fingerprint density at radius 3 is 3.07 bits per heavy atom. The summed E-state index contributed by atoms with van der Waals surface area (Å²) in [5, 5.41) is 8.95. The van der Waals surface area contributed by atoms with Gasteiger partial charge in [0.1, 0.15) is 17.5 Å². The minimum Gasteiger partial charge on any atom is -0.497 e. The monoisotopic (exact) mass is 198 g/mol. The smallest absolute Gasteiger partial charge is 0.143 e. The summed E-state index contributed by atoms with van der Waals surface area (Å²) in [6.07, 6.45) is 3.90. The number of rotatable bonds is 1. The summed E-state index contributed by atoms with van der Waals surface area (Å²) in [5.41, 5.74) is 2.33. The van der Waals surface area contributed by atoms with Gasteiger partial charge in [0, 0.05) is 5.56 Å². The van der Waals surface area contributed by atoms with Crippen molar-refractivity contribution in [3.63, 3.8) is 0 Å². The average Bonchev–Trinajstić information content (AvgIpc) is 2.49. The summed E-state index contributed by atoms with van der Waals surface area (Å²) in [7, 11) is 1.63. The predicted octanol–water partition coefficient (Wildman–Crippen LogP) is 2.03. The fourth-order valence-corrected chi connectivity index (χ4v) is 1.53. The summed E-state index contributed by atoms with van der Waals surface area (Å²) in [5.74, 6) is 0.789. The molecule has 0 atom stereocenters. The highest BCUT2D eigenvalue weighted by Crippen LogP contribution is 2.21. The Morgan fingerprint density at radius 1 is 1.47 bits per heavy atom. The molecule has 15 heavy (non-hydrogen) atoms. The molecule has 1 aromatic carbocycles. The van der Waals surface area contributed by atoms with Crippen molar-refractivity contribution in [3.8, 4) is 11.8 Å². The van der Waals surface area contributed by atoms with Gasteiger partial charge in [-0.05, 0) is 23.8 Å². The van der Waals surface area contributed by atoms with Crippen LogP contribution in [0.2, 0.25) is 0 Å². The number of methoxy groups -OCH3 is 1. The lowest BCUT2D eigenvalue weighted by molar-refractivity contribution is 0.414. The zero-order chi connectivity index (χ0) is 10.7. The number of hydrogen-bond donors (Lipinski definition) is 0. The van der Waals surface area contributed by atoms with Gasteiger partial charge in [0.15, 0.2) is 0 Å². The van der Waals surface area contributed by atoms with E-state index in [1.807, 2.05) is 30.4 Å². The van der Waals surface area contributed by atoms with Crippen molar-refractivity contribution < 1.29 is 4.74 Å². The maximum Gasteiger partial charge on any atom is 0.143 e. The number of ether oxygens (including phenoxy) is 1. The molecule has 1 aromatic rings. The first-order chi connectivity index (χ1) is 7.35. The Morgan fingerprint density at radius 2 is 2.33 bits per heavy atom. The number of nitriles is 1. The third kappa shape index (κ3) is 1.75. The van der Waals surface area contributed by atoms with E-state index in [4.69, 9.17) is 10.00 Å². The van der Waals surface area contributed by atoms with E-state index in [2.05, 4.69) is 11.1 Å². The molecule has 0 saturated heterocycles. The van der Waals surface area contributed by atoms with Crippen LogP contribution in [0, 0.1) is 11.3 Å². The quantitative estimate of drug-likeness (QED) is 0.693. The maximum atomic E-state index is 8.95. The third-order valence-corrected chi connectivity index (χ3v) is 2.27. The number of aliphatic imine (C=N–C) groups is 1. The topological polar surface area (TPSA) is 45.4 Å². The second-order valence-electron chi connectivity index (χ2n) is 3.16. The van der Waals surface area contributed by atoms with E-state index < -0.39 is 0 Å². The number of benzene rings is 1. The van der Waals surface area contributed by atoms with E-state index in [9.17, 15) is 0 Å². The Balaban J connectivity index is 2.58. The first kappa shape index (κ1) is 9.47. The summed E-state index contributed by atoms with van der Waals surface area (Å²) in [4.78, 5) is 4.17. The van der Waals surface area contributed by atoms with Gasteiger partial charge in [0.05, 0.1) is 13.7 Å². The molecule has 74 valence electrons. The van der Waals surface area contributed by atoms with Crippen LogP contribution in [0.15, 0.2) is 29.3 Å². The third-order valence-electron chi connectivity index (χ3n) is 2.27. The van der Waals surface area contributed by atoms with Crippen LogP contribution in [0.1, 0.15) is 11.1 Å². The maximum absolute atomic E-state index is 8.95. The summed E-state index contributed by atoms with van der Waals surface area (Å²) in [6, 6.07) is 7.72. The molecule has 1 heterocycles. The van der Waals surface area contributed by atoms with Crippen LogP contribution in [0.25, 0.3) is 6.08 Å². The van der Waals surface area contributed by atoms with Crippen LogP contribution in [-0.2, 0) is 0 Å². The SMILES string of the molecule is COc1ccc2c(c1)C=CCN=C2C#N. The number of fused-ring (bicyclic) bond motifs is 1. The highest BCUT2D eigenvalue weighted by atomic mass is 16.5. The van der Waals surface area contributed by atoms with Gasteiger partial charge in [-0.1, -0.05) is 12.2 Å². The van der Waals surface area contributed by atoms with Gasteiger partial charge in [-0.15, -0.1) is 0 Å². The molecule has 0 aromatic heterocycles. The summed E-state index contributed by atoms with van der Waals surface area (Å²) in [6.45, 7) is 0.555. The largest absolute Gasteiger partial charge is 0.497 e. The van der Waals surface area contributed by atoms with Gasteiger partial charge in [0.2, 0.25) is 0 Å². The normalized spacial score (nSPS) is 13.5. The van der Waals surface area contributed by atoms with E-state index in [0.717, 1.165) is 16.9 Å². The van der Waals surface area contributed by atoms with Gasteiger partial charge >= 0.3 is 0 Å². The Hall–Kier alpha value is -2.08. The molecule has 0 radical (unpaired) electrons. The molecule has 0 unspecified atom stereocenters. The molecule has 0 spiro atoms. The van der Waals surface area contributed by atoms with Gasteiger partial charge in [0.25, 0.3) is 0 Å². The summed E-state index contributed by atoms with van der Waals surface area (Å²) >= 11 is 0. The molecule has 2 rings (SSSR count). The van der Waals surface area contributed by atoms with Crippen LogP contribution < -0.4 is 4.74 Å². The van der Waals surface area contributed by atoms with E-state index in [1.54, 1.807) is 7.11 Å². The van der Waals surface area contributed by atoms with Crippen LogP contribution in [0.5, 0.6) is 5.75 Å². The molecule has 0 fully saturated rings. The fourth-order valence-electron chi connectivity index (χ4n) is 1.53. The van der Waals surface area contributed by atoms with Crippen LogP contribution in [-0.4, -0.2) is 19.4 Å². The highest BCUT2D eigenvalue weighted by Gasteiger charge is 2.09. The molecule has 0 N–H and O–H groups in total. The molecule has 0 amide bonds. The highest BCUT2D eigenvalue weighted by molar-refractivity contribution is 6.14. The molecule has 1 aliphatic heterocycles. The van der Waals surface area contributed by atoms with Crippen molar-refractivity contribution in [3.05, 3.63) is 35.4 Å². The van der Waals surface area contributed by atoms with Crippen LogP contribution in [0.4, 0.5) is 0 Å². The lowest BCUT2D eigenvalue weighted by Gasteiger charge is -2.05. The van der Waals surface area contributed by atoms with Crippen molar-refractivity contribution in [1.82, 2.24) is 0 Å². The Labute approximate surface area is 88.3 Å². The molecule has 0 saturated carbocycles. The summed E-state index contributed by atoms with van der Waals surface area (Å²) < 4.78 is 5.13. The van der Waals surface area contributed by atoms with Gasteiger partial charge in [-0.3, -0.25) is 4.99 Å². The minimum absolute atomic E-state index is 0.484. The van der Waals surface area contributed by atoms with Crippen molar-refractivity contribution in [2.75, 3.05) is 13.7 Å². The fraction of sp³-hybridized carbons (Fsp3) is 0.167. The first-order valence-corrected chi connectivity index (χ1v) is 4.64. The van der Waals surface area contributed by atoms with Gasteiger partial charge in [-0.2, -0.15) is 5.26 Å². The molecule has 0 bridgehead atoms. The first-order valence-electron chi connectivity index (χ1n) is 4.64. The second kappa shape index (κ2) is 3.97. The molecular weight excluding hydrogens is 188 g/mol. The van der Waals surface area contributed by atoms with Gasteiger partial charge < -0.3 is 4.74 Å². The van der Waals surface area contributed by atoms with Crippen molar-refractivity contribution in [1.29, 1.82) is 5.26 Å².